The van der Waals surface area contributed by atoms with Crippen LogP contribution in [0.1, 0.15) is 29.9 Å². The van der Waals surface area contributed by atoms with Crippen LogP contribution in [-0.2, 0) is 21.3 Å². The normalized spacial score (nSPS) is 12.9. The summed E-state index contributed by atoms with van der Waals surface area (Å²) in [6.45, 7) is 3.87. The molecule has 0 bridgehead atoms. The number of benzene rings is 1. The molecule has 2 aromatic rings. The van der Waals surface area contributed by atoms with Gasteiger partial charge in [-0.3, -0.25) is 4.99 Å². The Labute approximate surface area is 187 Å². The highest BCUT2D eigenvalue weighted by Gasteiger charge is 2.11. The smallest absolute Gasteiger partial charge is 0.247 e. The van der Waals surface area contributed by atoms with Gasteiger partial charge in [0.15, 0.2) is 5.96 Å². The lowest BCUT2D eigenvalue weighted by Gasteiger charge is -2.14. The summed E-state index contributed by atoms with van der Waals surface area (Å²) in [5, 5.41) is 11.5. The fourth-order valence-electron chi connectivity index (χ4n) is 2.36. The lowest BCUT2D eigenvalue weighted by atomic mass is 10.1. The monoisotopic (exact) mass is 538 g/mol. The van der Waals surface area contributed by atoms with Crippen LogP contribution in [0.25, 0.3) is 0 Å². The zero-order valence-corrected chi connectivity index (χ0v) is 19.9. The largest absolute Gasteiger partial charge is 0.374 e. The number of ether oxygens (including phenoxy) is 1. The molecule has 7 nitrogen and oxygen atoms in total. The number of nitrogens with one attached hydrogen (secondary N) is 2. The van der Waals surface area contributed by atoms with Crippen molar-refractivity contribution in [3.8, 4) is 0 Å². The zero-order valence-electron chi connectivity index (χ0n) is 15.9. The highest BCUT2D eigenvalue weighted by Crippen LogP contribution is 2.20. The minimum atomic E-state index is -3.64. The Bertz CT molecular complexity index is 842. The van der Waals surface area contributed by atoms with Gasteiger partial charge in [0.25, 0.3) is 0 Å². The number of hydrogen-bond donors (Lipinski definition) is 3. The SMILES string of the molecule is CN=C(NCCCOC(C)c1ccccc1)NCc1ccc(S(N)(=O)=O)s1.I. The van der Waals surface area contributed by atoms with E-state index in [0.29, 0.717) is 25.7 Å². The lowest BCUT2D eigenvalue weighted by Crippen LogP contribution is -2.37. The third-order valence-corrected chi connectivity index (χ3v) is 6.35. The maximum atomic E-state index is 11.3. The third-order valence-electron chi connectivity index (χ3n) is 3.82. The minimum Gasteiger partial charge on any atom is -0.374 e. The van der Waals surface area contributed by atoms with Crippen molar-refractivity contribution in [2.45, 2.75) is 30.2 Å². The molecule has 28 heavy (non-hydrogen) atoms. The van der Waals surface area contributed by atoms with Crippen molar-refractivity contribution in [3.63, 3.8) is 0 Å². The van der Waals surface area contributed by atoms with Crippen LogP contribution in [0.2, 0.25) is 0 Å². The summed E-state index contributed by atoms with van der Waals surface area (Å²) in [5.74, 6) is 0.650. The number of hydrogen-bond acceptors (Lipinski definition) is 5. The van der Waals surface area contributed by atoms with Crippen molar-refractivity contribution >= 4 is 51.3 Å². The Kier molecular flexibility index (Phi) is 11.0. The number of aliphatic imine (C=N–C) groups is 1. The number of nitrogens with zero attached hydrogens (tertiary/aromatic N) is 1. The first-order chi connectivity index (χ1) is 12.9. The van der Waals surface area contributed by atoms with Crippen molar-refractivity contribution in [2.75, 3.05) is 20.2 Å². The Balaban J connectivity index is 0.00000392. The summed E-state index contributed by atoms with van der Waals surface area (Å²) >= 11 is 1.15. The summed E-state index contributed by atoms with van der Waals surface area (Å²) < 4.78 is 28.6. The topological polar surface area (TPSA) is 106 Å². The molecule has 0 radical (unpaired) electrons. The molecule has 2 rings (SSSR count). The standard InChI is InChI=1S/C18H26N4O3S2.HI/c1-14(15-7-4-3-5-8-15)25-12-6-11-21-18(20-2)22-13-16-9-10-17(26-16)27(19,23)24;/h3-5,7-10,14H,6,11-13H2,1-2H3,(H2,19,23,24)(H2,20,21,22);1H. The molecule has 0 amide bonds. The van der Waals surface area contributed by atoms with Gasteiger partial charge in [-0.1, -0.05) is 30.3 Å². The molecule has 0 aliphatic heterocycles. The van der Waals surface area contributed by atoms with Crippen LogP contribution >= 0.6 is 35.3 Å². The van der Waals surface area contributed by atoms with Gasteiger partial charge in [-0.2, -0.15) is 0 Å². The van der Waals surface area contributed by atoms with E-state index in [1.807, 2.05) is 25.1 Å². The van der Waals surface area contributed by atoms with Crippen LogP contribution in [-0.4, -0.2) is 34.6 Å². The number of rotatable bonds is 9. The fraction of sp³-hybridized carbons (Fsp3) is 0.389. The summed E-state index contributed by atoms with van der Waals surface area (Å²) in [5.41, 5.74) is 1.16. The Morgan fingerprint density at radius 2 is 1.93 bits per heavy atom. The maximum absolute atomic E-state index is 11.3. The van der Waals surface area contributed by atoms with Crippen LogP contribution < -0.4 is 15.8 Å². The van der Waals surface area contributed by atoms with E-state index < -0.39 is 10.0 Å². The van der Waals surface area contributed by atoms with Crippen molar-refractivity contribution in [1.82, 2.24) is 10.6 Å². The van der Waals surface area contributed by atoms with E-state index in [9.17, 15) is 8.42 Å². The lowest BCUT2D eigenvalue weighted by molar-refractivity contribution is 0.0646. The van der Waals surface area contributed by atoms with Crippen LogP contribution in [0.4, 0.5) is 0 Å². The maximum Gasteiger partial charge on any atom is 0.247 e. The Morgan fingerprint density at radius 1 is 1.21 bits per heavy atom. The predicted molar refractivity (Wildman–Crippen MR) is 125 cm³/mol. The van der Waals surface area contributed by atoms with Crippen molar-refractivity contribution < 1.29 is 13.2 Å². The second-order valence-corrected chi connectivity index (χ2v) is 8.85. The van der Waals surface area contributed by atoms with E-state index in [4.69, 9.17) is 9.88 Å². The number of primary sulfonamides is 1. The Hall–Kier alpha value is -1.21. The molecule has 1 aromatic heterocycles. The van der Waals surface area contributed by atoms with Crippen LogP contribution in [0, 0.1) is 0 Å². The van der Waals surface area contributed by atoms with E-state index in [-0.39, 0.29) is 34.3 Å². The van der Waals surface area contributed by atoms with Crippen LogP contribution in [0.15, 0.2) is 51.7 Å². The summed E-state index contributed by atoms with van der Waals surface area (Å²) in [6.07, 6.45) is 0.905. The quantitative estimate of drug-likeness (QED) is 0.197. The highest BCUT2D eigenvalue weighted by atomic mass is 127. The minimum absolute atomic E-state index is 0. The molecule has 0 spiro atoms. The highest BCUT2D eigenvalue weighted by molar-refractivity contribution is 14.0. The molecule has 1 heterocycles. The van der Waals surface area contributed by atoms with E-state index in [1.54, 1.807) is 13.1 Å². The zero-order chi connectivity index (χ0) is 19.7. The van der Waals surface area contributed by atoms with Crippen LogP contribution in [0.5, 0.6) is 0 Å². The number of halogens is 1. The molecule has 0 aliphatic carbocycles. The first-order valence-corrected chi connectivity index (χ1v) is 11.0. The molecular formula is C18H27IN4O3S2. The van der Waals surface area contributed by atoms with E-state index in [2.05, 4.69) is 27.8 Å². The number of nitrogens with two attached hydrogens (primary N) is 1. The molecule has 10 heteroatoms. The predicted octanol–water partition coefficient (Wildman–Crippen LogP) is 2.85. The van der Waals surface area contributed by atoms with Gasteiger partial charge in [-0.25, -0.2) is 13.6 Å². The van der Waals surface area contributed by atoms with E-state index in [0.717, 1.165) is 28.2 Å². The van der Waals surface area contributed by atoms with E-state index in [1.165, 1.54) is 6.07 Å². The van der Waals surface area contributed by atoms with E-state index >= 15 is 0 Å². The number of thiophene rings is 1. The van der Waals surface area contributed by atoms with Crippen molar-refractivity contribution in [1.29, 1.82) is 0 Å². The molecule has 1 aromatic carbocycles. The summed E-state index contributed by atoms with van der Waals surface area (Å²) in [4.78, 5) is 5.02. The second-order valence-electron chi connectivity index (χ2n) is 5.90. The molecule has 1 unspecified atom stereocenters. The first kappa shape index (κ1) is 24.8. The molecule has 0 saturated heterocycles. The van der Waals surface area contributed by atoms with Gasteiger partial charge in [0, 0.05) is 25.1 Å². The van der Waals surface area contributed by atoms with Gasteiger partial charge in [-0.05, 0) is 31.0 Å². The average Bonchev–Trinajstić information content (AvgIpc) is 3.14. The van der Waals surface area contributed by atoms with Gasteiger partial charge in [0.2, 0.25) is 10.0 Å². The Morgan fingerprint density at radius 3 is 2.54 bits per heavy atom. The molecule has 0 fully saturated rings. The van der Waals surface area contributed by atoms with Crippen molar-refractivity contribution in [2.24, 2.45) is 10.1 Å². The number of guanidine groups is 1. The molecular weight excluding hydrogens is 511 g/mol. The number of sulfonamides is 1. The molecule has 0 aliphatic rings. The summed E-state index contributed by atoms with van der Waals surface area (Å²) in [7, 11) is -1.95. The molecule has 1 atom stereocenters. The fourth-order valence-corrected chi connectivity index (χ4v) is 4.08. The van der Waals surface area contributed by atoms with Gasteiger partial charge in [-0.15, -0.1) is 35.3 Å². The van der Waals surface area contributed by atoms with Gasteiger partial charge < -0.3 is 15.4 Å². The third kappa shape index (κ3) is 8.43. The summed E-state index contributed by atoms with van der Waals surface area (Å²) in [6, 6.07) is 13.4. The van der Waals surface area contributed by atoms with Gasteiger partial charge in [0.05, 0.1) is 12.6 Å². The van der Waals surface area contributed by atoms with Gasteiger partial charge >= 0.3 is 0 Å². The molecule has 0 saturated carbocycles. The van der Waals surface area contributed by atoms with Gasteiger partial charge in [0.1, 0.15) is 4.21 Å². The molecule has 4 N–H and O–H groups in total. The van der Waals surface area contributed by atoms with Crippen LogP contribution in [0.3, 0.4) is 0 Å². The second kappa shape index (κ2) is 12.4. The van der Waals surface area contributed by atoms with Crippen molar-refractivity contribution in [3.05, 3.63) is 52.9 Å². The molecule has 156 valence electrons. The average molecular weight is 538 g/mol. The first-order valence-electron chi connectivity index (χ1n) is 8.62.